The molecule has 1 aromatic heterocycles. The number of aromatic hydroxyl groups is 3. The zero-order valence-electron chi connectivity index (χ0n) is 22.3. The van der Waals surface area contributed by atoms with E-state index < -0.39 is 96.7 Å². The summed E-state index contributed by atoms with van der Waals surface area (Å²) in [6.45, 7) is -0.706. The zero-order chi connectivity index (χ0) is 32.0. The molecule has 238 valence electrons. The minimum Gasteiger partial charge on any atom is -0.507 e. The summed E-state index contributed by atoms with van der Waals surface area (Å²) in [4.78, 5) is 24.1. The molecule has 2 unspecified atom stereocenters. The number of carboxylic acid groups (broad SMARTS) is 1. The molecular weight excluding hydrogens is 596 g/mol. The number of hydrogen-bond acceptors (Lipinski definition) is 16. The molecule has 0 spiro atoms. The SMILES string of the molecule is O=C(O)C1O[C@H](OC[C@H]2O[C@@H](Oc3cc(O)c4c(=O)cc(-c5ccc(O)c(O)c5)oc4c3)[C@H](O)[C@@H](O)[C@@H]2O)C(O)[C@H](O)[C@H]1O. The second-order valence-corrected chi connectivity index (χ2v) is 10.2. The van der Waals surface area contributed by atoms with Gasteiger partial charge in [0.25, 0.3) is 0 Å². The van der Waals surface area contributed by atoms with E-state index in [2.05, 4.69) is 0 Å². The van der Waals surface area contributed by atoms with Gasteiger partial charge >= 0.3 is 5.97 Å². The molecular formula is C27H28O17. The molecule has 0 saturated carbocycles. The normalized spacial score (nSPS) is 32.4. The van der Waals surface area contributed by atoms with Crippen molar-refractivity contribution in [1.29, 1.82) is 0 Å². The molecule has 10 atom stereocenters. The van der Waals surface area contributed by atoms with Crippen LogP contribution in [0, 0.1) is 0 Å². The molecule has 10 N–H and O–H groups in total. The van der Waals surface area contributed by atoms with Crippen LogP contribution in [0.4, 0.5) is 0 Å². The fourth-order valence-corrected chi connectivity index (χ4v) is 4.80. The summed E-state index contributed by atoms with van der Waals surface area (Å²) >= 11 is 0. The van der Waals surface area contributed by atoms with Crippen molar-refractivity contribution in [2.75, 3.05) is 6.61 Å². The summed E-state index contributed by atoms with van der Waals surface area (Å²) < 4.78 is 27.1. The lowest BCUT2D eigenvalue weighted by atomic mass is 9.98. The molecule has 0 bridgehead atoms. The van der Waals surface area contributed by atoms with Crippen molar-refractivity contribution in [3.8, 4) is 34.3 Å². The first-order valence-corrected chi connectivity index (χ1v) is 13.0. The Morgan fingerprint density at radius 2 is 1.43 bits per heavy atom. The van der Waals surface area contributed by atoms with E-state index >= 15 is 0 Å². The minimum atomic E-state index is -1.97. The molecule has 3 aromatic rings. The molecule has 0 amide bonds. The Hall–Kier alpha value is -4.04. The standard InChI is InChI=1S/C27H28O17/c28-10-2-1-8(3-11(10)29)14-6-13(31)17-12(30)4-9(5-15(17)42-14)41-27-23(37)19(33)18(32)16(43-27)7-40-26-22(36)20(34)21(35)24(44-26)25(38)39/h1-6,16,18-24,26-30,32-37H,7H2,(H,38,39)/t16-,18-,19+,20-,21-,22?,23-,24?,26+,27-/m1/s1. The number of carbonyl (C=O) groups is 1. The molecule has 2 saturated heterocycles. The van der Waals surface area contributed by atoms with Crippen LogP contribution in [0.2, 0.25) is 0 Å². The predicted octanol–water partition coefficient (Wildman–Crippen LogP) is -2.33. The number of phenols is 3. The van der Waals surface area contributed by atoms with Gasteiger partial charge in [0.15, 0.2) is 29.3 Å². The fourth-order valence-electron chi connectivity index (χ4n) is 4.80. The third-order valence-electron chi connectivity index (χ3n) is 7.20. The van der Waals surface area contributed by atoms with Gasteiger partial charge in [0.2, 0.25) is 6.29 Å². The van der Waals surface area contributed by atoms with Crippen molar-refractivity contribution in [3.63, 3.8) is 0 Å². The monoisotopic (exact) mass is 624 g/mol. The maximum absolute atomic E-state index is 12.7. The van der Waals surface area contributed by atoms with Gasteiger partial charge in [-0.05, 0) is 18.2 Å². The number of aliphatic carboxylic acids is 1. The molecule has 2 aliphatic rings. The van der Waals surface area contributed by atoms with Crippen LogP contribution in [0.3, 0.4) is 0 Å². The van der Waals surface area contributed by atoms with Crippen LogP contribution in [-0.4, -0.2) is 125 Å². The van der Waals surface area contributed by atoms with Gasteiger partial charge < -0.3 is 74.4 Å². The molecule has 17 nitrogen and oxygen atoms in total. The fraction of sp³-hybridized carbons (Fsp3) is 0.407. The number of fused-ring (bicyclic) bond motifs is 1. The van der Waals surface area contributed by atoms with Crippen LogP contribution in [0.1, 0.15) is 0 Å². The van der Waals surface area contributed by atoms with E-state index in [1.807, 2.05) is 0 Å². The average molecular weight is 625 g/mol. The van der Waals surface area contributed by atoms with Gasteiger partial charge in [0.1, 0.15) is 71.0 Å². The number of carboxylic acids is 1. The highest BCUT2D eigenvalue weighted by molar-refractivity contribution is 5.86. The van der Waals surface area contributed by atoms with Crippen LogP contribution in [0.5, 0.6) is 23.0 Å². The minimum absolute atomic E-state index is 0.0473. The number of hydrogen-bond donors (Lipinski definition) is 10. The largest absolute Gasteiger partial charge is 0.507 e. The van der Waals surface area contributed by atoms with E-state index in [9.17, 15) is 60.7 Å². The summed E-state index contributed by atoms with van der Waals surface area (Å²) in [6.07, 6.45) is -18.4. The number of rotatable bonds is 7. The van der Waals surface area contributed by atoms with Gasteiger partial charge in [0, 0.05) is 23.8 Å². The Kier molecular flexibility index (Phi) is 8.67. The van der Waals surface area contributed by atoms with Gasteiger partial charge in [-0.1, -0.05) is 0 Å². The molecule has 5 rings (SSSR count). The topological polar surface area (TPSA) is 286 Å². The average Bonchev–Trinajstić information content (AvgIpc) is 2.97. The number of aliphatic hydroxyl groups is 6. The Balaban J connectivity index is 1.36. The second kappa shape index (κ2) is 12.2. The Morgan fingerprint density at radius 3 is 2.11 bits per heavy atom. The van der Waals surface area contributed by atoms with E-state index in [0.29, 0.717) is 0 Å². The highest BCUT2D eigenvalue weighted by atomic mass is 16.7. The van der Waals surface area contributed by atoms with Crippen molar-refractivity contribution in [1.82, 2.24) is 0 Å². The third-order valence-corrected chi connectivity index (χ3v) is 7.20. The van der Waals surface area contributed by atoms with E-state index in [-0.39, 0.29) is 28.0 Å². The van der Waals surface area contributed by atoms with Crippen LogP contribution in [0.25, 0.3) is 22.3 Å². The summed E-state index contributed by atoms with van der Waals surface area (Å²) in [5.41, 5.74) is -0.657. The van der Waals surface area contributed by atoms with Crippen molar-refractivity contribution in [2.45, 2.75) is 61.4 Å². The predicted molar refractivity (Wildman–Crippen MR) is 140 cm³/mol. The first-order chi connectivity index (χ1) is 20.8. The number of benzene rings is 2. The molecule has 0 aliphatic carbocycles. The van der Waals surface area contributed by atoms with Gasteiger partial charge in [-0.15, -0.1) is 0 Å². The molecule has 2 fully saturated rings. The smallest absolute Gasteiger partial charge is 0.335 e. The quantitative estimate of drug-likeness (QED) is 0.123. The van der Waals surface area contributed by atoms with Crippen LogP contribution in [-0.2, 0) is 19.0 Å². The molecule has 2 aromatic carbocycles. The Labute approximate surface area is 245 Å². The summed E-state index contributed by atoms with van der Waals surface area (Å²) in [5, 5.41) is 100. The highest BCUT2D eigenvalue weighted by Crippen LogP contribution is 2.35. The first-order valence-electron chi connectivity index (χ1n) is 13.0. The lowest BCUT2D eigenvalue weighted by Crippen LogP contribution is -2.62. The van der Waals surface area contributed by atoms with Crippen molar-refractivity contribution in [3.05, 3.63) is 46.6 Å². The van der Waals surface area contributed by atoms with E-state index in [1.165, 1.54) is 12.1 Å². The van der Waals surface area contributed by atoms with Crippen molar-refractivity contribution in [2.24, 2.45) is 0 Å². The zero-order valence-corrected chi connectivity index (χ0v) is 22.3. The maximum Gasteiger partial charge on any atom is 0.335 e. The molecule has 0 radical (unpaired) electrons. The Bertz CT molecular complexity index is 1590. The number of phenolic OH excluding ortho intramolecular Hbond substituents is 3. The highest BCUT2D eigenvalue weighted by Gasteiger charge is 2.49. The maximum atomic E-state index is 12.7. The van der Waals surface area contributed by atoms with Gasteiger partial charge in [-0.3, -0.25) is 4.79 Å². The molecule has 17 heteroatoms. The van der Waals surface area contributed by atoms with Crippen molar-refractivity contribution >= 4 is 16.9 Å². The van der Waals surface area contributed by atoms with E-state index in [1.54, 1.807) is 0 Å². The third kappa shape index (κ3) is 5.87. The number of ether oxygens (including phenoxy) is 4. The van der Waals surface area contributed by atoms with Crippen LogP contribution in [0.15, 0.2) is 45.6 Å². The summed E-state index contributed by atoms with van der Waals surface area (Å²) in [5.74, 6) is -3.41. The number of aliphatic hydroxyl groups excluding tert-OH is 6. The Morgan fingerprint density at radius 1 is 0.750 bits per heavy atom. The first kappa shape index (κ1) is 31.4. The van der Waals surface area contributed by atoms with Crippen LogP contribution < -0.4 is 10.2 Å². The van der Waals surface area contributed by atoms with Crippen molar-refractivity contribution < 1.29 is 79.2 Å². The summed E-state index contributed by atoms with van der Waals surface area (Å²) in [7, 11) is 0. The van der Waals surface area contributed by atoms with Gasteiger partial charge in [-0.25, -0.2) is 4.79 Å². The lowest BCUT2D eigenvalue weighted by Gasteiger charge is -2.42. The second-order valence-electron chi connectivity index (χ2n) is 10.2. The lowest BCUT2D eigenvalue weighted by molar-refractivity contribution is -0.318. The molecule has 44 heavy (non-hydrogen) atoms. The van der Waals surface area contributed by atoms with Gasteiger partial charge in [0.05, 0.1) is 6.61 Å². The van der Waals surface area contributed by atoms with E-state index in [4.69, 9.17) is 23.4 Å². The van der Waals surface area contributed by atoms with Crippen LogP contribution >= 0.6 is 0 Å². The molecule has 3 heterocycles. The molecule has 2 aliphatic heterocycles. The van der Waals surface area contributed by atoms with E-state index in [0.717, 1.165) is 24.3 Å². The van der Waals surface area contributed by atoms with Gasteiger partial charge in [-0.2, -0.15) is 0 Å². The summed E-state index contributed by atoms with van der Waals surface area (Å²) in [6, 6.07) is 6.88.